The zero-order valence-corrected chi connectivity index (χ0v) is 45.0. The molecule has 0 bridgehead atoms. The van der Waals surface area contributed by atoms with E-state index in [1.54, 1.807) is 0 Å². The first-order valence-electron chi connectivity index (χ1n) is 28.7. The molecule has 0 amide bonds. The van der Waals surface area contributed by atoms with Gasteiger partial charge in [0.1, 0.15) is 13.2 Å². The van der Waals surface area contributed by atoms with Crippen molar-refractivity contribution in [1.82, 2.24) is 0 Å². The normalized spacial score (nSPS) is 12.8. The molecule has 0 spiro atoms. The van der Waals surface area contributed by atoms with Crippen molar-refractivity contribution in [3.05, 3.63) is 97.2 Å². The Bertz CT molecular complexity index is 1380. The summed E-state index contributed by atoms with van der Waals surface area (Å²) in [6.45, 7) is 6.44. The van der Waals surface area contributed by atoms with Crippen molar-refractivity contribution < 1.29 is 28.6 Å². The molecule has 0 aromatic carbocycles. The highest BCUT2D eigenvalue weighted by Crippen LogP contribution is 2.15. The lowest BCUT2D eigenvalue weighted by atomic mass is 10.0. The molecule has 69 heavy (non-hydrogen) atoms. The van der Waals surface area contributed by atoms with Crippen LogP contribution in [0.15, 0.2) is 97.2 Å². The lowest BCUT2D eigenvalue weighted by Crippen LogP contribution is -2.30. The second kappa shape index (κ2) is 56.9. The van der Waals surface area contributed by atoms with Crippen molar-refractivity contribution in [2.24, 2.45) is 0 Å². The molecule has 0 aromatic heterocycles. The molecule has 0 radical (unpaired) electrons. The summed E-state index contributed by atoms with van der Waals surface area (Å²) in [5, 5.41) is 0. The van der Waals surface area contributed by atoms with Gasteiger partial charge in [-0.2, -0.15) is 0 Å². The zero-order chi connectivity index (χ0) is 50.0. The van der Waals surface area contributed by atoms with Crippen LogP contribution in [0.2, 0.25) is 0 Å². The quantitative estimate of drug-likeness (QED) is 0.0262. The Morgan fingerprint density at radius 1 is 0.304 bits per heavy atom. The molecule has 394 valence electrons. The van der Waals surface area contributed by atoms with Crippen LogP contribution in [-0.2, 0) is 28.6 Å². The van der Waals surface area contributed by atoms with E-state index in [1.807, 2.05) is 0 Å². The molecule has 6 nitrogen and oxygen atoms in total. The lowest BCUT2D eigenvalue weighted by Gasteiger charge is -2.18. The Hall–Kier alpha value is -3.67. The zero-order valence-electron chi connectivity index (χ0n) is 45.0. The first kappa shape index (κ1) is 65.3. The number of ether oxygens (including phenoxy) is 3. The Kier molecular flexibility index (Phi) is 53.9. The predicted molar refractivity (Wildman–Crippen MR) is 297 cm³/mol. The largest absolute Gasteiger partial charge is 0.462 e. The van der Waals surface area contributed by atoms with Crippen LogP contribution >= 0.6 is 0 Å². The fourth-order valence-corrected chi connectivity index (χ4v) is 7.77. The predicted octanol–water partition coefficient (Wildman–Crippen LogP) is 19.3. The summed E-state index contributed by atoms with van der Waals surface area (Å²) >= 11 is 0. The maximum absolute atomic E-state index is 12.8. The summed E-state index contributed by atoms with van der Waals surface area (Å²) < 4.78 is 16.7. The fraction of sp³-hybridized carbons (Fsp3) is 0.698. The number of unbranched alkanes of at least 4 members (excludes halogenated alkanes) is 24. The summed E-state index contributed by atoms with van der Waals surface area (Å²) in [5.41, 5.74) is 0. The molecular formula is C63H106O6. The summed E-state index contributed by atoms with van der Waals surface area (Å²) in [6, 6.07) is 0. The van der Waals surface area contributed by atoms with Crippen LogP contribution in [0.25, 0.3) is 0 Å². The smallest absolute Gasteiger partial charge is 0.306 e. The Morgan fingerprint density at radius 2 is 0.565 bits per heavy atom. The van der Waals surface area contributed by atoms with E-state index in [4.69, 9.17) is 14.2 Å². The van der Waals surface area contributed by atoms with Crippen LogP contribution in [0.1, 0.15) is 265 Å². The summed E-state index contributed by atoms with van der Waals surface area (Å²) in [4.78, 5) is 37.9. The summed E-state index contributed by atoms with van der Waals surface area (Å²) in [6.07, 6.45) is 75.7. The van der Waals surface area contributed by atoms with Gasteiger partial charge in [-0.15, -0.1) is 0 Å². The van der Waals surface area contributed by atoms with E-state index in [0.717, 1.165) is 96.3 Å². The van der Waals surface area contributed by atoms with E-state index < -0.39 is 6.10 Å². The number of hydrogen-bond acceptors (Lipinski definition) is 6. The van der Waals surface area contributed by atoms with Gasteiger partial charge < -0.3 is 14.2 Å². The van der Waals surface area contributed by atoms with E-state index in [2.05, 4.69) is 118 Å². The van der Waals surface area contributed by atoms with E-state index in [1.165, 1.54) is 122 Å². The molecule has 0 aliphatic rings. The van der Waals surface area contributed by atoms with Gasteiger partial charge >= 0.3 is 17.9 Å². The highest BCUT2D eigenvalue weighted by Gasteiger charge is 2.19. The van der Waals surface area contributed by atoms with Crippen molar-refractivity contribution in [2.75, 3.05) is 13.2 Å². The van der Waals surface area contributed by atoms with E-state index >= 15 is 0 Å². The van der Waals surface area contributed by atoms with Gasteiger partial charge in [-0.25, -0.2) is 0 Å². The number of hydrogen-bond donors (Lipinski definition) is 0. The SMILES string of the molecule is CC/C=C\C/C=C\C/C=C\C/C=C\C/C=C\C/C=C\CCCCC(=O)OC(COC(=O)CCCCCCCCC)COC(=O)CCCCCCCCCCCCC/C=C\C/C=C\CCCCCCC. The molecule has 0 aliphatic carbocycles. The Labute approximate surface area is 426 Å². The summed E-state index contributed by atoms with van der Waals surface area (Å²) in [5.74, 6) is -0.946. The van der Waals surface area contributed by atoms with Gasteiger partial charge in [0.2, 0.25) is 0 Å². The third-order valence-electron chi connectivity index (χ3n) is 12.1. The van der Waals surface area contributed by atoms with Crippen LogP contribution in [0.3, 0.4) is 0 Å². The number of esters is 3. The minimum absolute atomic E-state index is 0.0956. The van der Waals surface area contributed by atoms with Gasteiger partial charge in [-0.3, -0.25) is 14.4 Å². The third-order valence-corrected chi connectivity index (χ3v) is 12.1. The van der Waals surface area contributed by atoms with Crippen LogP contribution in [-0.4, -0.2) is 37.2 Å². The average Bonchev–Trinajstić information content (AvgIpc) is 3.35. The molecule has 0 fully saturated rings. The molecular weight excluding hydrogens is 853 g/mol. The molecule has 0 N–H and O–H groups in total. The van der Waals surface area contributed by atoms with Crippen molar-refractivity contribution >= 4 is 17.9 Å². The summed E-state index contributed by atoms with van der Waals surface area (Å²) in [7, 11) is 0. The van der Waals surface area contributed by atoms with Gasteiger partial charge in [0.15, 0.2) is 6.10 Å². The van der Waals surface area contributed by atoms with Gasteiger partial charge in [0.25, 0.3) is 0 Å². The lowest BCUT2D eigenvalue weighted by molar-refractivity contribution is -0.167. The minimum atomic E-state index is -0.799. The van der Waals surface area contributed by atoms with Gasteiger partial charge in [-0.05, 0) is 103 Å². The molecule has 0 saturated carbocycles. The fourth-order valence-electron chi connectivity index (χ4n) is 7.77. The van der Waals surface area contributed by atoms with Crippen molar-refractivity contribution in [3.63, 3.8) is 0 Å². The number of carbonyl (C=O) groups is 3. The first-order chi connectivity index (χ1) is 34.0. The highest BCUT2D eigenvalue weighted by molar-refractivity contribution is 5.71. The van der Waals surface area contributed by atoms with Crippen molar-refractivity contribution in [2.45, 2.75) is 271 Å². The first-order valence-corrected chi connectivity index (χ1v) is 28.7. The Morgan fingerprint density at radius 3 is 0.913 bits per heavy atom. The minimum Gasteiger partial charge on any atom is -0.462 e. The molecule has 0 heterocycles. The number of carbonyl (C=O) groups excluding carboxylic acids is 3. The molecule has 0 aromatic rings. The van der Waals surface area contributed by atoms with Gasteiger partial charge in [0.05, 0.1) is 0 Å². The maximum atomic E-state index is 12.8. The molecule has 1 unspecified atom stereocenters. The number of allylic oxidation sites excluding steroid dienone is 16. The number of rotatable bonds is 51. The second-order valence-electron chi connectivity index (χ2n) is 18.8. The highest BCUT2D eigenvalue weighted by atomic mass is 16.6. The van der Waals surface area contributed by atoms with Crippen LogP contribution in [0, 0.1) is 0 Å². The monoisotopic (exact) mass is 959 g/mol. The van der Waals surface area contributed by atoms with E-state index in [9.17, 15) is 14.4 Å². The topological polar surface area (TPSA) is 78.9 Å². The third kappa shape index (κ3) is 55.1. The standard InChI is InChI=1S/C63H106O6/c1-4-7-10-13-16-18-20-22-24-26-28-30-31-33-34-36-38-40-42-44-47-50-53-56-62(65)68-59-60(58-67-61(64)55-52-49-46-15-12-9-6-3)69-63(66)57-54-51-48-45-43-41-39-37-35-32-29-27-25-23-21-19-17-14-11-8-5-2/h8,11,17,19-20,22-23,25-26,28-29,32,37,39,43,45,60H,4-7,9-10,12-16,18,21,24,27,30-31,33-36,38,40-42,44,46-59H2,1-3H3/b11-8-,19-17-,22-20-,25-23-,28-26-,32-29-,39-37-,45-43-. The molecule has 0 rings (SSSR count). The average molecular weight is 960 g/mol. The van der Waals surface area contributed by atoms with Crippen LogP contribution < -0.4 is 0 Å². The Balaban J connectivity index is 4.28. The van der Waals surface area contributed by atoms with Crippen LogP contribution in [0.5, 0.6) is 0 Å². The molecule has 1 atom stereocenters. The van der Waals surface area contributed by atoms with Crippen molar-refractivity contribution in [1.29, 1.82) is 0 Å². The second-order valence-corrected chi connectivity index (χ2v) is 18.8. The van der Waals surface area contributed by atoms with Crippen molar-refractivity contribution in [3.8, 4) is 0 Å². The van der Waals surface area contributed by atoms with Gasteiger partial charge in [0, 0.05) is 19.3 Å². The molecule has 0 saturated heterocycles. The maximum Gasteiger partial charge on any atom is 0.306 e. The molecule has 6 heteroatoms. The van der Waals surface area contributed by atoms with Gasteiger partial charge in [-0.1, -0.05) is 240 Å². The van der Waals surface area contributed by atoms with E-state index in [-0.39, 0.29) is 37.5 Å². The van der Waals surface area contributed by atoms with E-state index in [0.29, 0.717) is 19.3 Å². The van der Waals surface area contributed by atoms with Crippen LogP contribution in [0.4, 0.5) is 0 Å². The molecule has 0 aliphatic heterocycles.